The van der Waals surface area contributed by atoms with E-state index in [1.807, 2.05) is 29.2 Å². The maximum Gasteiger partial charge on any atom is 0.450 e. The van der Waals surface area contributed by atoms with Gasteiger partial charge in [-0.15, -0.1) is 0 Å². The van der Waals surface area contributed by atoms with Gasteiger partial charge in [-0.05, 0) is 53.9 Å². The van der Waals surface area contributed by atoms with E-state index in [-0.39, 0.29) is 35.6 Å². The summed E-state index contributed by atoms with van der Waals surface area (Å²) in [6.07, 6.45) is -4.24. The Hall–Kier alpha value is -4.18. The molecule has 0 aliphatic carbocycles. The minimum atomic E-state index is -4.93. The lowest BCUT2D eigenvalue weighted by molar-refractivity contribution is -0.152. The molecule has 0 atom stereocenters. The summed E-state index contributed by atoms with van der Waals surface area (Å²) in [6.45, 7) is 1.11. The normalized spacial score (nSPS) is 13.6. The summed E-state index contributed by atoms with van der Waals surface area (Å²) in [4.78, 5) is 15.5. The SMILES string of the molecule is COc1ccc(CCN2COc3ccc4c(=O)c(-c5ccc(OC)c(OC)c5)c(C(F)(F)F)oc4c3C2)cc1. The fraction of sp³-hybridized carbons (Fsp3) is 0.276. The van der Waals surface area contributed by atoms with E-state index in [9.17, 15) is 18.0 Å². The van der Waals surface area contributed by atoms with Gasteiger partial charge in [0.2, 0.25) is 11.2 Å². The molecule has 0 fully saturated rings. The summed E-state index contributed by atoms with van der Waals surface area (Å²) in [5.41, 5.74) is -0.0493. The topological polar surface area (TPSA) is 70.4 Å². The molecule has 0 radical (unpaired) electrons. The zero-order valence-electron chi connectivity index (χ0n) is 21.6. The number of alkyl halides is 3. The monoisotopic (exact) mass is 541 g/mol. The lowest BCUT2D eigenvalue weighted by atomic mass is 9.99. The Balaban J connectivity index is 1.55. The molecule has 0 spiro atoms. The van der Waals surface area contributed by atoms with Gasteiger partial charge in [0.05, 0.1) is 37.8 Å². The predicted octanol–water partition coefficient (Wildman–Crippen LogP) is 5.90. The third-order valence-electron chi connectivity index (χ3n) is 6.71. The van der Waals surface area contributed by atoms with E-state index in [0.29, 0.717) is 30.0 Å². The van der Waals surface area contributed by atoms with Gasteiger partial charge in [-0.3, -0.25) is 9.69 Å². The molecule has 4 aromatic rings. The quantitative estimate of drug-likeness (QED) is 0.289. The van der Waals surface area contributed by atoms with Gasteiger partial charge >= 0.3 is 6.18 Å². The zero-order chi connectivity index (χ0) is 27.7. The van der Waals surface area contributed by atoms with Gasteiger partial charge in [0.1, 0.15) is 23.8 Å². The number of fused-ring (bicyclic) bond motifs is 3. The Kier molecular flexibility index (Phi) is 7.14. The second kappa shape index (κ2) is 10.5. The lowest BCUT2D eigenvalue weighted by Crippen LogP contribution is -2.34. The molecule has 5 rings (SSSR count). The van der Waals surface area contributed by atoms with Gasteiger partial charge < -0.3 is 23.4 Å². The van der Waals surface area contributed by atoms with Crippen molar-refractivity contribution in [1.82, 2.24) is 4.90 Å². The van der Waals surface area contributed by atoms with E-state index in [2.05, 4.69) is 0 Å². The molecule has 3 aromatic carbocycles. The summed E-state index contributed by atoms with van der Waals surface area (Å²) >= 11 is 0. The zero-order valence-corrected chi connectivity index (χ0v) is 21.6. The Labute approximate surface area is 222 Å². The van der Waals surface area contributed by atoms with Crippen LogP contribution < -0.4 is 24.4 Å². The van der Waals surface area contributed by atoms with Crippen LogP contribution in [0.15, 0.2) is 63.8 Å². The molecule has 0 amide bonds. The summed E-state index contributed by atoms with van der Waals surface area (Å²) < 4.78 is 69.9. The molecule has 10 heteroatoms. The average molecular weight is 542 g/mol. The Morgan fingerprint density at radius 2 is 1.67 bits per heavy atom. The van der Waals surface area contributed by atoms with E-state index in [1.165, 1.54) is 38.5 Å². The third kappa shape index (κ3) is 5.12. The number of hydrogen-bond acceptors (Lipinski definition) is 7. The van der Waals surface area contributed by atoms with E-state index in [1.54, 1.807) is 13.2 Å². The first-order valence-electron chi connectivity index (χ1n) is 12.1. The smallest absolute Gasteiger partial charge is 0.450 e. The van der Waals surface area contributed by atoms with Gasteiger partial charge in [-0.2, -0.15) is 13.2 Å². The van der Waals surface area contributed by atoms with Gasteiger partial charge in [0.15, 0.2) is 11.5 Å². The molecular weight excluding hydrogens is 515 g/mol. The molecule has 39 heavy (non-hydrogen) atoms. The summed E-state index contributed by atoms with van der Waals surface area (Å²) in [5, 5.41) is 0.0344. The number of nitrogens with zero attached hydrogens (tertiary/aromatic N) is 1. The molecule has 0 N–H and O–H groups in total. The minimum absolute atomic E-state index is 0.00529. The second-order valence-electron chi connectivity index (χ2n) is 9.05. The van der Waals surface area contributed by atoms with E-state index in [0.717, 1.165) is 11.3 Å². The highest BCUT2D eigenvalue weighted by Crippen LogP contribution is 2.41. The van der Waals surface area contributed by atoms with Gasteiger partial charge in [0.25, 0.3) is 0 Å². The molecule has 0 saturated carbocycles. The van der Waals surface area contributed by atoms with E-state index >= 15 is 0 Å². The van der Waals surface area contributed by atoms with Crippen molar-refractivity contribution < 1.29 is 36.5 Å². The number of methoxy groups -OCH3 is 3. The molecule has 7 nitrogen and oxygen atoms in total. The van der Waals surface area contributed by atoms with Crippen LogP contribution in [0.4, 0.5) is 13.2 Å². The fourth-order valence-corrected chi connectivity index (χ4v) is 4.69. The fourth-order valence-electron chi connectivity index (χ4n) is 4.69. The molecule has 1 aromatic heterocycles. The molecule has 1 aliphatic rings. The largest absolute Gasteiger partial charge is 0.497 e. The lowest BCUT2D eigenvalue weighted by Gasteiger charge is -2.29. The molecular formula is C29H26F3NO6. The van der Waals surface area contributed by atoms with Crippen LogP contribution in [0.2, 0.25) is 0 Å². The maximum absolute atomic E-state index is 14.3. The van der Waals surface area contributed by atoms with Crippen LogP contribution in [0.5, 0.6) is 23.0 Å². The van der Waals surface area contributed by atoms with Gasteiger partial charge in [-0.1, -0.05) is 18.2 Å². The summed E-state index contributed by atoms with van der Waals surface area (Å²) in [6, 6.07) is 14.8. The van der Waals surface area contributed by atoms with Crippen molar-refractivity contribution in [2.24, 2.45) is 0 Å². The minimum Gasteiger partial charge on any atom is -0.497 e. The number of rotatable bonds is 7. The van der Waals surface area contributed by atoms with Crippen LogP contribution in [-0.2, 0) is 19.1 Å². The second-order valence-corrected chi connectivity index (χ2v) is 9.05. The van der Waals surface area contributed by atoms with Gasteiger partial charge in [-0.25, -0.2) is 0 Å². The number of benzene rings is 3. The van der Waals surface area contributed by atoms with E-state index < -0.39 is 22.9 Å². The van der Waals surface area contributed by atoms with Crippen molar-refractivity contribution in [2.45, 2.75) is 19.1 Å². The number of hydrogen-bond donors (Lipinski definition) is 0. The molecule has 204 valence electrons. The van der Waals surface area contributed by atoms with Crippen molar-refractivity contribution in [3.63, 3.8) is 0 Å². The highest BCUT2D eigenvalue weighted by atomic mass is 19.4. The average Bonchev–Trinajstić information content (AvgIpc) is 2.95. The summed E-state index contributed by atoms with van der Waals surface area (Å²) in [7, 11) is 4.37. The third-order valence-corrected chi connectivity index (χ3v) is 6.71. The molecule has 0 unspecified atom stereocenters. The van der Waals surface area contributed by atoms with E-state index in [4.69, 9.17) is 23.4 Å². The van der Waals surface area contributed by atoms with Crippen LogP contribution in [-0.4, -0.2) is 39.5 Å². The van der Waals surface area contributed by atoms with Crippen molar-refractivity contribution in [2.75, 3.05) is 34.6 Å². The number of halogens is 3. The van der Waals surface area contributed by atoms with Crippen LogP contribution >= 0.6 is 0 Å². The molecule has 0 bridgehead atoms. The first-order chi connectivity index (χ1) is 18.7. The van der Waals surface area contributed by atoms with Crippen molar-refractivity contribution in [3.8, 4) is 34.1 Å². The van der Waals surface area contributed by atoms with Crippen LogP contribution in [0.25, 0.3) is 22.1 Å². The highest BCUT2D eigenvalue weighted by Gasteiger charge is 2.40. The first kappa shape index (κ1) is 26.4. The first-order valence-corrected chi connectivity index (χ1v) is 12.1. The Morgan fingerprint density at radius 3 is 2.33 bits per heavy atom. The van der Waals surface area contributed by atoms with Crippen molar-refractivity contribution >= 4 is 11.0 Å². The van der Waals surface area contributed by atoms with Crippen LogP contribution in [0, 0.1) is 0 Å². The molecule has 2 heterocycles. The van der Waals surface area contributed by atoms with Crippen molar-refractivity contribution in [3.05, 3.63) is 81.7 Å². The van der Waals surface area contributed by atoms with Crippen molar-refractivity contribution in [1.29, 1.82) is 0 Å². The standard InChI is InChI=1S/C29H26F3NO6/c1-35-19-7-4-17(5-8-19)12-13-33-15-21-22(38-16-33)11-9-20-26(34)25(28(29(30,31)32)39-27(20)21)18-6-10-23(36-2)24(14-18)37-3/h4-11,14H,12-13,15-16H2,1-3H3. The van der Waals surface area contributed by atoms with Crippen LogP contribution in [0.1, 0.15) is 16.9 Å². The highest BCUT2D eigenvalue weighted by molar-refractivity contribution is 5.87. The Bertz CT molecular complexity index is 1560. The van der Waals surface area contributed by atoms with Crippen LogP contribution in [0.3, 0.4) is 0 Å². The molecule has 1 aliphatic heterocycles. The Morgan fingerprint density at radius 1 is 0.923 bits per heavy atom. The summed E-state index contributed by atoms with van der Waals surface area (Å²) in [5.74, 6) is 0.271. The predicted molar refractivity (Wildman–Crippen MR) is 139 cm³/mol. The number of ether oxygens (including phenoxy) is 4. The maximum atomic E-state index is 14.3. The van der Waals surface area contributed by atoms with Gasteiger partial charge in [0, 0.05) is 13.1 Å². The molecule has 0 saturated heterocycles.